The van der Waals surface area contributed by atoms with Crippen molar-refractivity contribution in [3.8, 4) is 0 Å². The summed E-state index contributed by atoms with van der Waals surface area (Å²) in [5.41, 5.74) is 2.15. The minimum absolute atomic E-state index is 0.418. The fourth-order valence-corrected chi connectivity index (χ4v) is 2.44. The van der Waals surface area contributed by atoms with Gasteiger partial charge < -0.3 is 10.6 Å². The fourth-order valence-electron chi connectivity index (χ4n) is 1.89. The van der Waals surface area contributed by atoms with Crippen molar-refractivity contribution in [2.24, 2.45) is 0 Å². The van der Waals surface area contributed by atoms with Crippen molar-refractivity contribution >= 4 is 28.9 Å². The van der Waals surface area contributed by atoms with Crippen LogP contribution in [0.25, 0.3) is 0 Å². The Morgan fingerprint density at radius 2 is 2.14 bits per heavy atom. The van der Waals surface area contributed by atoms with E-state index in [9.17, 15) is 0 Å². The molecule has 1 atom stereocenters. The summed E-state index contributed by atoms with van der Waals surface area (Å²) in [4.78, 5) is 0. The average molecular weight is 231 g/mol. The number of rotatable bonds is 2. The zero-order valence-electron chi connectivity index (χ0n) is 7.90. The first-order valence-corrected chi connectivity index (χ1v) is 5.36. The molecule has 2 nitrogen and oxygen atoms in total. The van der Waals surface area contributed by atoms with Gasteiger partial charge in [-0.15, -0.1) is 0 Å². The van der Waals surface area contributed by atoms with Gasteiger partial charge in [-0.25, -0.2) is 0 Å². The van der Waals surface area contributed by atoms with E-state index in [0.29, 0.717) is 5.92 Å². The van der Waals surface area contributed by atoms with Gasteiger partial charge in [0.15, 0.2) is 0 Å². The summed E-state index contributed by atoms with van der Waals surface area (Å²) in [6.45, 7) is 1.82. The Bertz CT molecular complexity index is 352. The van der Waals surface area contributed by atoms with Crippen LogP contribution in [0.3, 0.4) is 0 Å². The number of anilines is 1. The topological polar surface area (TPSA) is 24.1 Å². The number of hydrogen-bond acceptors (Lipinski definition) is 2. The third-order valence-electron chi connectivity index (χ3n) is 2.53. The highest BCUT2D eigenvalue weighted by atomic mass is 35.5. The molecule has 0 saturated heterocycles. The Hall–Kier alpha value is -0.440. The van der Waals surface area contributed by atoms with Crippen molar-refractivity contribution in [1.82, 2.24) is 5.32 Å². The Labute approximate surface area is 93.6 Å². The van der Waals surface area contributed by atoms with Crippen LogP contribution in [0.1, 0.15) is 11.5 Å². The summed E-state index contributed by atoms with van der Waals surface area (Å²) in [7, 11) is 1.94. The predicted molar refractivity (Wildman–Crippen MR) is 61.6 cm³/mol. The quantitative estimate of drug-likeness (QED) is 0.817. The molecule has 0 spiro atoms. The zero-order valence-corrected chi connectivity index (χ0v) is 9.41. The normalized spacial score (nSPS) is 19.2. The highest BCUT2D eigenvalue weighted by molar-refractivity contribution is 6.36. The van der Waals surface area contributed by atoms with Gasteiger partial charge in [0.25, 0.3) is 0 Å². The molecule has 14 heavy (non-hydrogen) atoms. The molecule has 2 rings (SSSR count). The molecule has 0 radical (unpaired) electrons. The molecule has 4 heteroatoms. The fraction of sp³-hybridized carbons (Fsp3) is 0.400. The van der Waals surface area contributed by atoms with Gasteiger partial charge in [-0.05, 0) is 19.2 Å². The molecule has 2 N–H and O–H groups in total. The van der Waals surface area contributed by atoms with Gasteiger partial charge in [-0.1, -0.05) is 23.2 Å². The van der Waals surface area contributed by atoms with E-state index < -0.39 is 0 Å². The molecule has 0 saturated carbocycles. The van der Waals surface area contributed by atoms with E-state index in [4.69, 9.17) is 23.2 Å². The van der Waals surface area contributed by atoms with Gasteiger partial charge in [0.2, 0.25) is 0 Å². The number of fused-ring (bicyclic) bond motifs is 1. The first-order valence-electron chi connectivity index (χ1n) is 4.60. The maximum atomic E-state index is 6.15. The Kier molecular flexibility index (Phi) is 2.86. The van der Waals surface area contributed by atoms with Crippen molar-refractivity contribution in [3.05, 3.63) is 27.7 Å². The van der Waals surface area contributed by atoms with Crippen LogP contribution in [0.5, 0.6) is 0 Å². The molecular formula is C10H12Cl2N2. The van der Waals surface area contributed by atoms with E-state index >= 15 is 0 Å². The van der Waals surface area contributed by atoms with E-state index in [1.54, 1.807) is 0 Å². The highest BCUT2D eigenvalue weighted by Gasteiger charge is 2.25. The Morgan fingerprint density at radius 3 is 2.86 bits per heavy atom. The molecule has 0 aliphatic carbocycles. The lowest BCUT2D eigenvalue weighted by Crippen LogP contribution is -2.18. The lowest BCUT2D eigenvalue weighted by molar-refractivity contribution is 0.674. The summed E-state index contributed by atoms with van der Waals surface area (Å²) in [6, 6.07) is 3.69. The molecule has 1 aliphatic heterocycles. The number of hydrogen-bond donors (Lipinski definition) is 2. The SMILES string of the molecule is CNCC1CNc2c(Cl)ccc(Cl)c21. The smallest absolute Gasteiger partial charge is 0.0641 e. The van der Waals surface area contributed by atoms with Gasteiger partial charge in [0, 0.05) is 29.6 Å². The van der Waals surface area contributed by atoms with Crippen LogP contribution < -0.4 is 10.6 Å². The molecule has 1 aromatic rings. The van der Waals surface area contributed by atoms with Crippen LogP contribution >= 0.6 is 23.2 Å². The Morgan fingerprint density at radius 1 is 1.43 bits per heavy atom. The van der Waals surface area contributed by atoms with Gasteiger partial charge >= 0.3 is 0 Å². The number of benzene rings is 1. The minimum Gasteiger partial charge on any atom is -0.383 e. The number of halogens is 2. The summed E-state index contributed by atoms with van der Waals surface area (Å²) in [5.74, 6) is 0.418. The molecular weight excluding hydrogens is 219 g/mol. The molecule has 1 heterocycles. The van der Waals surface area contributed by atoms with Crippen molar-refractivity contribution in [2.45, 2.75) is 5.92 Å². The lowest BCUT2D eigenvalue weighted by Gasteiger charge is -2.10. The standard InChI is InChI=1S/C10H12Cl2N2/c1-13-4-6-5-14-10-8(12)3-2-7(11)9(6)10/h2-3,6,13-14H,4-5H2,1H3. The zero-order chi connectivity index (χ0) is 10.1. The lowest BCUT2D eigenvalue weighted by atomic mass is 10.0. The van der Waals surface area contributed by atoms with Crippen LogP contribution in [0.4, 0.5) is 5.69 Å². The van der Waals surface area contributed by atoms with E-state index in [2.05, 4.69) is 10.6 Å². The van der Waals surface area contributed by atoms with E-state index in [-0.39, 0.29) is 0 Å². The summed E-state index contributed by atoms with van der Waals surface area (Å²) in [6.07, 6.45) is 0. The second-order valence-electron chi connectivity index (χ2n) is 3.45. The average Bonchev–Trinajstić information content (AvgIpc) is 2.58. The van der Waals surface area contributed by atoms with Crippen LogP contribution in [0, 0.1) is 0 Å². The van der Waals surface area contributed by atoms with Crippen molar-refractivity contribution in [2.75, 3.05) is 25.5 Å². The van der Waals surface area contributed by atoms with Gasteiger partial charge in [0.1, 0.15) is 0 Å². The second kappa shape index (κ2) is 3.97. The van der Waals surface area contributed by atoms with Gasteiger partial charge in [0.05, 0.1) is 10.7 Å². The summed E-state index contributed by atoms with van der Waals surface area (Å²) in [5, 5.41) is 8.00. The number of likely N-dealkylation sites (N-methyl/N-ethyl adjacent to an activating group) is 1. The van der Waals surface area contributed by atoms with Crippen molar-refractivity contribution in [3.63, 3.8) is 0 Å². The highest BCUT2D eigenvalue weighted by Crippen LogP contribution is 2.41. The van der Waals surface area contributed by atoms with Crippen LogP contribution in [0.15, 0.2) is 12.1 Å². The largest absolute Gasteiger partial charge is 0.383 e. The summed E-state index contributed by atoms with van der Waals surface area (Å²) >= 11 is 12.2. The molecule has 0 aromatic heterocycles. The van der Waals surface area contributed by atoms with Crippen LogP contribution in [-0.2, 0) is 0 Å². The van der Waals surface area contributed by atoms with Crippen LogP contribution in [-0.4, -0.2) is 20.1 Å². The van der Waals surface area contributed by atoms with Gasteiger partial charge in [-0.3, -0.25) is 0 Å². The van der Waals surface area contributed by atoms with Crippen LogP contribution in [0.2, 0.25) is 10.0 Å². The molecule has 0 bridgehead atoms. The van der Waals surface area contributed by atoms with E-state index in [1.165, 1.54) is 0 Å². The van der Waals surface area contributed by atoms with E-state index in [0.717, 1.165) is 34.4 Å². The summed E-state index contributed by atoms with van der Waals surface area (Å²) < 4.78 is 0. The maximum Gasteiger partial charge on any atom is 0.0641 e. The van der Waals surface area contributed by atoms with E-state index in [1.807, 2.05) is 19.2 Å². The molecule has 1 unspecified atom stereocenters. The molecule has 1 aromatic carbocycles. The second-order valence-corrected chi connectivity index (χ2v) is 4.27. The Balaban J connectivity index is 2.42. The third kappa shape index (κ3) is 1.58. The molecule has 0 fully saturated rings. The van der Waals surface area contributed by atoms with Gasteiger partial charge in [-0.2, -0.15) is 0 Å². The predicted octanol–water partition coefficient (Wildman–Crippen LogP) is 2.72. The maximum absolute atomic E-state index is 6.15. The van der Waals surface area contributed by atoms with Crippen molar-refractivity contribution in [1.29, 1.82) is 0 Å². The van der Waals surface area contributed by atoms with Crippen molar-refractivity contribution < 1.29 is 0 Å². The first kappa shape index (κ1) is 10.1. The molecule has 76 valence electrons. The molecule has 0 amide bonds. The third-order valence-corrected chi connectivity index (χ3v) is 3.17. The first-order chi connectivity index (χ1) is 6.74. The minimum atomic E-state index is 0.418. The monoisotopic (exact) mass is 230 g/mol. The molecule has 1 aliphatic rings. The number of nitrogens with one attached hydrogen (secondary N) is 2.